The number of carbonyl (C=O) groups is 1. The third-order valence-electron chi connectivity index (χ3n) is 3.89. The summed E-state index contributed by atoms with van der Waals surface area (Å²) >= 11 is 0. The molecule has 0 aromatic heterocycles. The van der Waals surface area contributed by atoms with Gasteiger partial charge in [-0.2, -0.15) is 0 Å². The zero-order chi connectivity index (χ0) is 20.4. The van der Waals surface area contributed by atoms with Gasteiger partial charge in [0.2, 0.25) is 5.91 Å². The molecule has 29 heavy (non-hydrogen) atoms. The lowest BCUT2D eigenvalue weighted by atomic mass is 10.3. The number of rotatable bonds is 9. The van der Waals surface area contributed by atoms with E-state index in [-0.39, 0.29) is 36.6 Å². The molecule has 1 aliphatic rings. The van der Waals surface area contributed by atoms with Crippen molar-refractivity contribution in [3.8, 4) is 0 Å². The predicted octanol–water partition coefficient (Wildman–Crippen LogP) is 2.41. The summed E-state index contributed by atoms with van der Waals surface area (Å²) in [5.41, 5.74) is -0.440. The smallest absolute Gasteiger partial charge is 0.246 e. The molecule has 1 heterocycles. The molecule has 1 amide bonds. The van der Waals surface area contributed by atoms with Gasteiger partial charge in [0.15, 0.2) is 23.4 Å². The molecule has 1 fully saturated rings. The number of nitrogens with zero attached hydrogens (tertiary/aromatic N) is 1. The number of guanidine groups is 1. The van der Waals surface area contributed by atoms with Gasteiger partial charge in [0, 0.05) is 26.3 Å². The van der Waals surface area contributed by atoms with E-state index in [9.17, 15) is 18.0 Å². The first-order valence-corrected chi connectivity index (χ1v) is 9.16. The number of benzene rings is 1. The molecule has 0 aliphatic carbocycles. The van der Waals surface area contributed by atoms with Gasteiger partial charge in [0.05, 0.1) is 18.4 Å². The molecule has 0 radical (unpaired) electrons. The van der Waals surface area contributed by atoms with Gasteiger partial charge in [0.25, 0.3) is 0 Å². The molecule has 1 aromatic rings. The third-order valence-corrected chi connectivity index (χ3v) is 3.89. The number of aliphatic imine (C=N–C) groups is 1. The Balaban J connectivity index is 0.00000420. The van der Waals surface area contributed by atoms with E-state index in [4.69, 9.17) is 9.47 Å². The fourth-order valence-electron chi connectivity index (χ4n) is 2.48. The van der Waals surface area contributed by atoms with E-state index in [2.05, 4.69) is 20.9 Å². The molecule has 11 heteroatoms. The highest BCUT2D eigenvalue weighted by molar-refractivity contribution is 14.0. The minimum Gasteiger partial charge on any atom is -0.379 e. The Labute approximate surface area is 184 Å². The number of hydrogen-bond acceptors (Lipinski definition) is 4. The lowest BCUT2D eigenvalue weighted by Gasteiger charge is -2.13. The predicted molar refractivity (Wildman–Crippen MR) is 114 cm³/mol. The number of ether oxygens (including phenoxy) is 2. The van der Waals surface area contributed by atoms with Crippen LogP contribution in [0.1, 0.15) is 19.8 Å². The van der Waals surface area contributed by atoms with E-state index >= 15 is 0 Å². The molecule has 2 rings (SSSR count). The van der Waals surface area contributed by atoms with Crippen molar-refractivity contribution in [1.82, 2.24) is 10.6 Å². The van der Waals surface area contributed by atoms with E-state index in [0.717, 1.165) is 31.6 Å². The largest absolute Gasteiger partial charge is 0.379 e. The van der Waals surface area contributed by atoms with Crippen molar-refractivity contribution < 1.29 is 27.4 Å². The number of anilines is 1. The molecule has 164 valence electrons. The summed E-state index contributed by atoms with van der Waals surface area (Å²) in [6.07, 6.45) is 1.81. The summed E-state index contributed by atoms with van der Waals surface area (Å²) < 4.78 is 50.6. The highest BCUT2D eigenvalue weighted by Gasteiger charge is 2.16. The number of amides is 1. The summed E-state index contributed by atoms with van der Waals surface area (Å²) in [6, 6.07) is 1.69. The quantitative estimate of drug-likeness (QED) is 0.150. The number of carbonyl (C=O) groups excluding carboxylic acids is 1. The summed E-state index contributed by atoms with van der Waals surface area (Å²) in [5, 5.41) is 8.20. The van der Waals surface area contributed by atoms with E-state index < -0.39 is 29.0 Å². The van der Waals surface area contributed by atoms with Crippen LogP contribution in [0.15, 0.2) is 17.1 Å². The fraction of sp³-hybridized carbons (Fsp3) is 0.556. The minimum absolute atomic E-state index is 0. The van der Waals surface area contributed by atoms with E-state index in [1.807, 2.05) is 6.92 Å². The van der Waals surface area contributed by atoms with Crippen LogP contribution in [0.2, 0.25) is 0 Å². The summed E-state index contributed by atoms with van der Waals surface area (Å²) in [4.78, 5) is 16.0. The Bertz CT molecular complexity index is 689. The van der Waals surface area contributed by atoms with Crippen LogP contribution in [0.25, 0.3) is 0 Å². The van der Waals surface area contributed by atoms with E-state index in [1.165, 1.54) is 0 Å². The van der Waals surface area contributed by atoms with Crippen LogP contribution in [0.4, 0.5) is 18.9 Å². The van der Waals surface area contributed by atoms with Crippen molar-refractivity contribution in [3.05, 3.63) is 29.6 Å². The summed E-state index contributed by atoms with van der Waals surface area (Å²) in [5.74, 6) is -4.66. The molecule has 3 N–H and O–H groups in total. The molecule has 1 saturated heterocycles. The topological polar surface area (TPSA) is 84.0 Å². The van der Waals surface area contributed by atoms with Crippen molar-refractivity contribution in [3.63, 3.8) is 0 Å². The van der Waals surface area contributed by atoms with E-state index in [0.29, 0.717) is 32.3 Å². The van der Waals surface area contributed by atoms with Crippen molar-refractivity contribution in [2.45, 2.75) is 25.9 Å². The van der Waals surface area contributed by atoms with Crippen molar-refractivity contribution in [2.24, 2.45) is 4.99 Å². The minimum atomic E-state index is -1.64. The van der Waals surface area contributed by atoms with Crippen LogP contribution < -0.4 is 16.0 Å². The maximum Gasteiger partial charge on any atom is 0.246 e. The average Bonchev–Trinajstić information content (AvgIpc) is 3.19. The first-order valence-electron chi connectivity index (χ1n) is 9.16. The fourth-order valence-corrected chi connectivity index (χ4v) is 2.48. The van der Waals surface area contributed by atoms with Gasteiger partial charge in [0.1, 0.15) is 6.54 Å². The van der Waals surface area contributed by atoms with Crippen LogP contribution in [0.5, 0.6) is 0 Å². The molecular weight excluding hydrogens is 504 g/mol. The van der Waals surface area contributed by atoms with E-state index in [1.54, 1.807) is 0 Å². The van der Waals surface area contributed by atoms with Gasteiger partial charge < -0.3 is 25.4 Å². The number of nitrogens with one attached hydrogen (secondary N) is 3. The molecular formula is C18H26F3IN4O3. The summed E-state index contributed by atoms with van der Waals surface area (Å²) in [7, 11) is 0. The SMILES string of the molecule is CCNC(=NCC(=O)Nc1ccc(F)c(F)c1F)NCCCOC1CCOC1.I. The highest BCUT2D eigenvalue weighted by Crippen LogP contribution is 2.19. The molecule has 0 spiro atoms. The molecule has 1 unspecified atom stereocenters. The van der Waals surface area contributed by atoms with Crippen molar-refractivity contribution in [1.29, 1.82) is 0 Å². The lowest BCUT2D eigenvalue weighted by molar-refractivity contribution is -0.114. The molecule has 0 saturated carbocycles. The van der Waals surface area contributed by atoms with Gasteiger partial charge >= 0.3 is 0 Å². The number of hydrogen-bond donors (Lipinski definition) is 3. The highest BCUT2D eigenvalue weighted by atomic mass is 127. The Morgan fingerprint density at radius 2 is 2.07 bits per heavy atom. The van der Waals surface area contributed by atoms with Gasteiger partial charge in [-0.3, -0.25) is 4.79 Å². The Morgan fingerprint density at radius 1 is 1.28 bits per heavy atom. The molecule has 1 atom stereocenters. The second-order valence-corrected chi connectivity index (χ2v) is 6.10. The van der Waals surface area contributed by atoms with Crippen molar-refractivity contribution in [2.75, 3.05) is 44.8 Å². The Morgan fingerprint density at radius 3 is 2.76 bits per heavy atom. The lowest BCUT2D eigenvalue weighted by Crippen LogP contribution is -2.38. The normalized spacial score (nSPS) is 16.3. The van der Waals surface area contributed by atoms with Crippen molar-refractivity contribution >= 4 is 41.5 Å². The van der Waals surface area contributed by atoms with Crippen LogP contribution in [0, 0.1) is 17.5 Å². The first-order chi connectivity index (χ1) is 13.5. The zero-order valence-corrected chi connectivity index (χ0v) is 18.4. The first kappa shape index (κ1) is 25.4. The van der Waals surface area contributed by atoms with Gasteiger partial charge in [-0.15, -0.1) is 24.0 Å². The maximum absolute atomic E-state index is 13.6. The molecule has 1 aliphatic heterocycles. The molecule has 7 nitrogen and oxygen atoms in total. The Hall–Kier alpha value is -1.60. The number of halogens is 4. The second kappa shape index (κ2) is 13.6. The maximum atomic E-state index is 13.6. The van der Waals surface area contributed by atoms with Gasteiger partial charge in [-0.05, 0) is 31.9 Å². The third kappa shape index (κ3) is 8.74. The van der Waals surface area contributed by atoms with Crippen LogP contribution in [0.3, 0.4) is 0 Å². The molecule has 1 aromatic carbocycles. The Kier molecular flexibility index (Phi) is 11.9. The van der Waals surface area contributed by atoms with Gasteiger partial charge in [-0.1, -0.05) is 0 Å². The summed E-state index contributed by atoms with van der Waals surface area (Å²) in [6.45, 7) is 4.67. The second-order valence-electron chi connectivity index (χ2n) is 6.10. The van der Waals surface area contributed by atoms with Crippen LogP contribution >= 0.6 is 24.0 Å². The standard InChI is InChI=1S/C18H25F3N4O3.HI/c1-2-22-18(23-7-3-8-28-12-6-9-27-11-12)24-10-15(26)25-14-5-4-13(19)16(20)17(14)21;/h4-5,12H,2-3,6-11H2,1H3,(H,25,26)(H2,22,23,24);1H. The molecule has 0 bridgehead atoms. The zero-order valence-electron chi connectivity index (χ0n) is 16.1. The van der Waals surface area contributed by atoms with Gasteiger partial charge in [-0.25, -0.2) is 18.2 Å². The van der Waals surface area contributed by atoms with Crippen LogP contribution in [-0.4, -0.2) is 57.4 Å². The van der Waals surface area contributed by atoms with Crippen LogP contribution in [-0.2, 0) is 14.3 Å². The monoisotopic (exact) mass is 530 g/mol. The average molecular weight is 530 g/mol.